The number of methoxy groups -OCH3 is 1. The van der Waals surface area contributed by atoms with Crippen LogP contribution in [0.25, 0.3) is 0 Å². The quantitative estimate of drug-likeness (QED) is 0.777. The molecule has 0 saturated carbocycles. The maximum atomic E-state index is 11.6. The van der Waals surface area contributed by atoms with Crippen molar-refractivity contribution in [1.29, 1.82) is 0 Å². The molecular weight excluding hydrogens is 230 g/mol. The third kappa shape index (κ3) is 2.99. The Hall–Kier alpha value is -1.50. The van der Waals surface area contributed by atoms with Crippen LogP contribution in [-0.4, -0.2) is 33.8 Å². The molecule has 1 aromatic rings. The molecule has 88 valence electrons. The second-order valence-corrected chi connectivity index (χ2v) is 4.07. The maximum Gasteiger partial charge on any atom is 0.328 e. The van der Waals surface area contributed by atoms with Crippen molar-refractivity contribution in [2.45, 2.75) is 19.9 Å². The zero-order valence-electron chi connectivity index (χ0n) is 9.26. The Kier molecular flexibility index (Phi) is 4.36. The van der Waals surface area contributed by atoms with E-state index in [9.17, 15) is 9.59 Å². The van der Waals surface area contributed by atoms with E-state index in [0.717, 1.165) is 11.7 Å². The average molecular weight is 243 g/mol. The van der Waals surface area contributed by atoms with Crippen LogP contribution < -0.4 is 5.32 Å². The average Bonchev–Trinajstić information content (AvgIpc) is 2.77. The van der Waals surface area contributed by atoms with Crippen molar-refractivity contribution in [2.24, 2.45) is 5.92 Å². The minimum atomic E-state index is -0.667. The minimum Gasteiger partial charge on any atom is -0.467 e. The fourth-order valence-corrected chi connectivity index (χ4v) is 1.52. The Morgan fingerprint density at radius 2 is 2.19 bits per heavy atom. The summed E-state index contributed by atoms with van der Waals surface area (Å²) in [6.45, 7) is 3.64. The predicted octanol–water partition coefficient (Wildman–Crippen LogP) is 0.465. The van der Waals surface area contributed by atoms with Crippen LogP contribution >= 0.6 is 11.7 Å². The third-order valence-electron chi connectivity index (χ3n) is 2.00. The Balaban J connectivity index is 2.69. The molecule has 0 aliphatic rings. The highest BCUT2D eigenvalue weighted by atomic mass is 32.1. The zero-order valence-corrected chi connectivity index (χ0v) is 10.1. The lowest BCUT2D eigenvalue weighted by atomic mass is 10.0. The van der Waals surface area contributed by atoms with Gasteiger partial charge in [-0.15, -0.1) is 0 Å². The molecule has 1 N–H and O–H groups in total. The van der Waals surface area contributed by atoms with Crippen molar-refractivity contribution in [1.82, 2.24) is 14.1 Å². The van der Waals surface area contributed by atoms with Crippen LogP contribution in [-0.2, 0) is 9.53 Å². The van der Waals surface area contributed by atoms with E-state index in [1.807, 2.05) is 13.8 Å². The number of nitrogens with one attached hydrogen (secondary N) is 1. The van der Waals surface area contributed by atoms with E-state index in [-0.39, 0.29) is 11.6 Å². The first kappa shape index (κ1) is 12.6. The predicted molar refractivity (Wildman–Crippen MR) is 58.0 cm³/mol. The van der Waals surface area contributed by atoms with E-state index in [1.165, 1.54) is 13.3 Å². The van der Waals surface area contributed by atoms with Crippen molar-refractivity contribution in [3.05, 3.63) is 11.9 Å². The molecule has 16 heavy (non-hydrogen) atoms. The Labute approximate surface area is 97.3 Å². The number of amides is 1. The molecule has 0 bridgehead atoms. The number of carbonyl (C=O) groups is 2. The highest BCUT2D eigenvalue weighted by molar-refractivity contribution is 6.99. The molecule has 0 aliphatic heterocycles. The molecule has 1 amide bonds. The maximum absolute atomic E-state index is 11.6. The Morgan fingerprint density at radius 3 is 2.62 bits per heavy atom. The van der Waals surface area contributed by atoms with Gasteiger partial charge in [-0.3, -0.25) is 4.79 Å². The number of nitrogens with zero attached hydrogens (tertiary/aromatic N) is 2. The van der Waals surface area contributed by atoms with Gasteiger partial charge in [-0.1, -0.05) is 13.8 Å². The van der Waals surface area contributed by atoms with Gasteiger partial charge in [0.1, 0.15) is 6.04 Å². The van der Waals surface area contributed by atoms with Gasteiger partial charge in [-0.2, -0.15) is 8.75 Å². The van der Waals surface area contributed by atoms with Crippen LogP contribution in [0.3, 0.4) is 0 Å². The summed E-state index contributed by atoms with van der Waals surface area (Å²) in [5.74, 6) is -0.938. The second kappa shape index (κ2) is 5.55. The van der Waals surface area contributed by atoms with Crippen molar-refractivity contribution in [2.75, 3.05) is 7.11 Å². The molecule has 7 heteroatoms. The summed E-state index contributed by atoms with van der Waals surface area (Å²) >= 11 is 0.941. The minimum absolute atomic E-state index is 0.0528. The van der Waals surface area contributed by atoms with E-state index >= 15 is 0 Å². The summed E-state index contributed by atoms with van der Waals surface area (Å²) in [5.41, 5.74) is 0.208. The molecule has 6 nitrogen and oxygen atoms in total. The van der Waals surface area contributed by atoms with Crippen molar-refractivity contribution in [3.63, 3.8) is 0 Å². The van der Waals surface area contributed by atoms with Crippen molar-refractivity contribution in [3.8, 4) is 0 Å². The largest absolute Gasteiger partial charge is 0.467 e. The van der Waals surface area contributed by atoms with Gasteiger partial charge in [0.05, 0.1) is 25.0 Å². The molecule has 1 rings (SSSR count). The lowest BCUT2D eigenvalue weighted by molar-refractivity contribution is -0.144. The monoisotopic (exact) mass is 243 g/mol. The molecule has 0 spiro atoms. The topological polar surface area (TPSA) is 81.2 Å². The molecule has 1 heterocycles. The second-order valence-electron chi connectivity index (χ2n) is 3.51. The van der Waals surface area contributed by atoms with Gasteiger partial charge < -0.3 is 10.1 Å². The fourth-order valence-electron chi connectivity index (χ4n) is 1.10. The van der Waals surface area contributed by atoms with Gasteiger partial charge >= 0.3 is 5.97 Å². The van der Waals surface area contributed by atoms with Crippen molar-refractivity contribution < 1.29 is 14.3 Å². The summed E-state index contributed by atoms with van der Waals surface area (Å²) < 4.78 is 12.1. The first-order valence-corrected chi connectivity index (χ1v) is 5.45. The first-order valence-electron chi connectivity index (χ1n) is 4.72. The number of ether oxygens (including phenoxy) is 1. The highest BCUT2D eigenvalue weighted by Gasteiger charge is 2.25. The fraction of sp³-hybridized carbons (Fsp3) is 0.556. The van der Waals surface area contributed by atoms with Crippen molar-refractivity contribution >= 4 is 23.6 Å². The molecule has 0 aliphatic carbocycles. The Morgan fingerprint density at radius 1 is 1.50 bits per heavy atom. The van der Waals surface area contributed by atoms with Crippen LogP contribution in [0.15, 0.2) is 6.20 Å². The molecule has 1 atom stereocenters. The molecule has 0 saturated heterocycles. The lowest BCUT2D eigenvalue weighted by Crippen LogP contribution is -2.45. The highest BCUT2D eigenvalue weighted by Crippen LogP contribution is 2.05. The SMILES string of the molecule is COC(=O)C(NC(=O)c1cnsn1)C(C)C. The Bertz CT molecular complexity index is 364. The number of esters is 1. The summed E-state index contributed by atoms with van der Waals surface area (Å²) in [4.78, 5) is 23.0. The number of aromatic nitrogens is 2. The summed E-state index contributed by atoms with van der Waals surface area (Å²) in [7, 11) is 1.29. The first-order chi connectivity index (χ1) is 7.56. The van der Waals surface area contributed by atoms with Gasteiger partial charge in [0, 0.05) is 0 Å². The molecule has 0 radical (unpaired) electrons. The van der Waals surface area contributed by atoms with Gasteiger partial charge in [-0.05, 0) is 5.92 Å². The lowest BCUT2D eigenvalue weighted by Gasteiger charge is -2.18. The van der Waals surface area contributed by atoms with Gasteiger partial charge in [0.25, 0.3) is 5.91 Å². The van der Waals surface area contributed by atoms with Crippen LogP contribution in [0.5, 0.6) is 0 Å². The smallest absolute Gasteiger partial charge is 0.328 e. The zero-order chi connectivity index (χ0) is 12.1. The van der Waals surface area contributed by atoms with Gasteiger partial charge in [-0.25, -0.2) is 4.79 Å². The molecule has 0 aromatic carbocycles. The summed E-state index contributed by atoms with van der Waals surface area (Å²) in [6.07, 6.45) is 1.36. The van der Waals surface area contributed by atoms with E-state index in [2.05, 4.69) is 18.8 Å². The number of hydrogen-bond acceptors (Lipinski definition) is 6. The van der Waals surface area contributed by atoms with Crippen LogP contribution in [0, 0.1) is 5.92 Å². The van der Waals surface area contributed by atoms with E-state index in [0.29, 0.717) is 0 Å². The van der Waals surface area contributed by atoms with E-state index in [4.69, 9.17) is 0 Å². The van der Waals surface area contributed by atoms with Crippen LogP contribution in [0.1, 0.15) is 24.3 Å². The molecule has 0 fully saturated rings. The normalized spacial score (nSPS) is 12.2. The van der Waals surface area contributed by atoms with E-state index < -0.39 is 17.9 Å². The molecule has 1 aromatic heterocycles. The molecule has 1 unspecified atom stereocenters. The van der Waals surface area contributed by atoms with Gasteiger partial charge in [0.15, 0.2) is 5.69 Å². The van der Waals surface area contributed by atoms with Crippen LogP contribution in [0.2, 0.25) is 0 Å². The summed E-state index contributed by atoms with van der Waals surface area (Å²) in [6, 6.07) is -0.667. The standard InChI is InChI=1S/C9H13N3O3S/c1-5(2)7(9(14)15-3)11-8(13)6-4-10-16-12-6/h4-5,7H,1-3H3,(H,11,13). The number of carbonyl (C=O) groups excluding carboxylic acids is 2. The van der Waals surface area contributed by atoms with Gasteiger partial charge in [0.2, 0.25) is 0 Å². The molecular formula is C9H13N3O3S. The van der Waals surface area contributed by atoms with Crippen LogP contribution in [0.4, 0.5) is 0 Å². The van der Waals surface area contributed by atoms with E-state index in [1.54, 1.807) is 0 Å². The summed E-state index contributed by atoms with van der Waals surface area (Å²) in [5, 5.41) is 2.56. The number of hydrogen-bond donors (Lipinski definition) is 1. The number of rotatable bonds is 4. The third-order valence-corrected chi connectivity index (χ3v) is 2.48.